The number of fused-ring (bicyclic) bond motifs is 2. The predicted octanol–water partition coefficient (Wildman–Crippen LogP) is 2.66. The van der Waals surface area contributed by atoms with Crippen LogP contribution in [0.5, 0.6) is 5.75 Å². The van der Waals surface area contributed by atoms with Gasteiger partial charge >= 0.3 is 0 Å². The fourth-order valence-electron chi connectivity index (χ4n) is 5.52. The minimum atomic E-state index is -0.793. The number of pyridine rings is 1. The third-order valence-electron chi connectivity index (χ3n) is 7.35. The molecule has 0 aliphatic carbocycles. The highest BCUT2D eigenvalue weighted by Crippen LogP contribution is 2.33. The first-order valence-corrected chi connectivity index (χ1v) is 12.5. The number of halogens is 1. The quantitative estimate of drug-likeness (QED) is 0.522. The molecule has 1 aromatic heterocycles. The van der Waals surface area contributed by atoms with Crippen molar-refractivity contribution >= 4 is 28.6 Å². The van der Waals surface area contributed by atoms with Gasteiger partial charge in [-0.25, -0.2) is 9.37 Å². The van der Waals surface area contributed by atoms with Crippen molar-refractivity contribution in [2.24, 2.45) is 0 Å². The van der Waals surface area contributed by atoms with E-state index in [2.05, 4.69) is 27.3 Å². The van der Waals surface area contributed by atoms with Gasteiger partial charge in [-0.1, -0.05) is 6.07 Å². The summed E-state index contributed by atoms with van der Waals surface area (Å²) in [7, 11) is 0. The third-order valence-corrected chi connectivity index (χ3v) is 7.35. The number of ether oxygens (including phenoxy) is 1. The lowest BCUT2D eigenvalue weighted by Crippen LogP contribution is -2.52. The minimum Gasteiger partial charge on any atom is -0.489 e. The smallest absolute Gasteiger partial charge is 0.258 e. The van der Waals surface area contributed by atoms with Crippen LogP contribution in [0.25, 0.3) is 10.9 Å². The lowest BCUT2D eigenvalue weighted by molar-refractivity contribution is -0.136. The molecular weight excluding hydrogens is 489 g/mol. The SMILES string of the molecule is N#Cc1ccc2cc(CN3CC[C@H](Oc4cc(F)c5c(c4)CN(C4CCC(=O)NC4=O)C5=O)C3)ccc2n1. The molecule has 10 heteroatoms. The summed E-state index contributed by atoms with van der Waals surface area (Å²) in [5.74, 6) is -1.75. The Morgan fingerprint density at radius 3 is 2.82 bits per heavy atom. The number of nitriles is 1. The van der Waals surface area contributed by atoms with E-state index in [1.807, 2.05) is 18.2 Å². The van der Waals surface area contributed by atoms with Crippen molar-refractivity contribution in [2.45, 2.75) is 44.5 Å². The second kappa shape index (κ2) is 9.50. The highest BCUT2D eigenvalue weighted by molar-refractivity contribution is 6.05. The summed E-state index contributed by atoms with van der Waals surface area (Å²) >= 11 is 0. The molecule has 0 saturated carbocycles. The fraction of sp³-hybridized carbons (Fsp3) is 0.321. The maximum atomic E-state index is 15.0. The Kier molecular flexibility index (Phi) is 6.00. The number of hydrogen-bond donors (Lipinski definition) is 1. The average molecular weight is 514 g/mol. The van der Waals surface area contributed by atoms with Gasteiger partial charge in [0.05, 0.1) is 11.1 Å². The van der Waals surface area contributed by atoms with Gasteiger partial charge in [-0.3, -0.25) is 24.6 Å². The number of amides is 3. The van der Waals surface area contributed by atoms with Crippen LogP contribution in [0, 0.1) is 17.1 Å². The number of likely N-dealkylation sites (tertiary alicyclic amines) is 1. The Morgan fingerprint density at radius 1 is 1.13 bits per heavy atom. The van der Waals surface area contributed by atoms with E-state index in [1.165, 1.54) is 11.0 Å². The van der Waals surface area contributed by atoms with Crippen LogP contribution in [0.15, 0.2) is 42.5 Å². The number of imide groups is 1. The molecule has 2 fully saturated rings. The molecule has 1 N–H and O–H groups in total. The molecule has 2 aromatic carbocycles. The summed E-state index contributed by atoms with van der Waals surface area (Å²) in [6.07, 6.45) is 1.02. The Morgan fingerprint density at radius 2 is 2.00 bits per heavy atom. The lowest BCUT2D eigenvalue weighted by Gasteiger charge is -2.29. The standard InChI is InChI=1S/C28H24FN5O4/c29-22-11-21(10-18-14-34(28(37)26(18)22)24-5-6-25(35)32-27(24)36)38-20-7-8-33(15-20)13-16-1-4-23-17(9-16)2-3-19(12-30)31-23/h1-4,9-11,20,24H,5-8,13-15H2,(H,32,35,36)/t20-,24?/m0/s1. The molecule has 3 aliphatic rings. The number of rotatable bonds is 5. The molecule has 3 aliphatic heterocycles. The highest BCUT2D eigenvalue weighted by atomic mass is 19.1. The first kappa shape index (κ1) is 24.0. The van der Waals surface area contributed by atoms with Crippen LogP contribution in [0.1, 0.15) is 46.4 Å². The van der Waals surface area contributed by atoms with Gasteiger partial charge in [0, 0.05) is 44.1 Å². The summed E-state index contributed by atoms with van der Waals surface area (Å²) in [4.78, 5) is 44.5. The average Bonchev–Trinajstić information content (AvgIpc) is 3.47. The molecule has 2 atom stereocenters. The van der Waals surface area contributed by atoms with Crippen LogP contribution in [0.4, 0.5) is 4.39 Å². The molecule has 3 aromatic rings. The van der Waals surface area contributed by atoms with Gasteiger partial charge in [-0.15, -0.1) is 0 Å². The van der Waals surface area contributed by atoms with Gasteiger partial charge in [-0.05, 0) is 54.3 Å². The zero-order valence-corrected chi connectivity index (χ0v) is 20.4. The van der Waals surface area contributed by atoms with E-state index in [0.29, 0.717) is 23.6 Å². The highest BCUT2D eigenvalue weighted by Gasteiger charge is 2.41. The molecule has 0 bridgehead atoms. The van der Waals surface area contributed by atoms with Gasteiger partial charge in [0.15, 0.2) is 0 Å². The number of carbonyl (C=O) groups is 3. The molecule has 0 radical (unpaired) electrons. The lowest BCUT2D eigenvalue weighted by atomic mass is 10.0. The molecule has 9 nitrogen and oxygen atoms in total. The fourth-order valence-corrected chi connectivity index (χ4v) is 5.52. The second-order valence-electron chi connectivity index (χ2n) is 9.94. The Bertz CT molecular complexity index is 1530. The van der Waals surface area contributed by atoms with Crippen molar-refractivity contribution in [1.29, 1.82) is 5.26 Å². The van der Waals surface area contributed by atoms with Crippen molar-refractivity contribution in [2.75, 3.05) is 13.1 Å². The Hall–Kier alpha value is -4.36. The van der Waals surface area contributed by atoms with Crippen LogP contribution in [0.3, 0.4) is 0 Å². The van der Waals surface area contributed by atoms with Crippen LogP contribution >= 0.6 is 0 Å². The monoisotopic (exact) mass is 513 g/mol. The molecule has 192 valence electrons. The number of aromatic nitrogens is 1. The van der Waals surface area contributed by atoms with Gasteiger partial charge in [0.25, 0.3) is 5.91 Å². The summed E-state index contributed by atoms with van der Waals surface area (Å²) in [5, 5.41) is 12.3. The molecule has 0 spiro atoms. The van der Waals surface area contributed by atoms with E-state index in [4.69, 9.17) is 10.00 Å². The van der Waals surface area contributed by atoms with Crippen molar-refractivity contribution in [1.82, 2.24) is 20.1 Å². The van der Waals surface area contributed by atoms with Crippen LogP contribution in [-0.4, -0.2) is 57.7 Å². The number of carbonyl (C=O) groups excluding carboxylic acids is 3. The van der Waals surface area contributed by atoms with Gasteiger partial charge < -0.3 is 9.64 Å². The van der Waals surface area contributed by atoms with Crippen LogP contribution < -0.4 is 10.1 Å². The van der Waals surface area contributed by atoms with Crippen LogP contribution in [-0.2, 0) is 22.7 Å². The van der Waals surface area contributed by atoms with E-state index in [0.717, 1.165) is 36.0 Å². The maximum Gasteiger partial charge on any atom is 0.258 e. The number of hydrogen-bond acceptors (Lipinski definition) is 7. The van der Waals surface area contributed by atoms with E-state index in [-0.39, 0.29) is 37.0 Å². The second-order valence-corrected chi connectivity index (χ2v) is 9.94. The summed E-state index contributed by atoms with van der Waals surface area (Å²) in [6, 6.07) is 13.8. The van der Waals surface area contributed by atoms with Gasteiger partial charge in [-0.2, -0.15) is 5.26 Å². The summed E-state index contributed by atoms with van der Waals surface area (Å²) < 4.78 is 21.1. The van der Waals surface area contributed by atoms with Crippen molar-refractivity contribution < 1.29 is 23.5 Å². The molecule has 3 amide bonds. The molecule has 4 heterocycles. The minimum absolute atomic E-state index is 0.0391. The first-order chi connectivity index (χ1) is 18.4. The van der Waals surface area contributed by atoms with E-state index in [9.17, 15) is 18.8 Å². The van der Waals surface area contributed by atoms with Crippen molar-refractivity contribution in [3.8, 4) is 11.8 Å². The third kappa shape index (κ3) is 4.46. The number of benzene rings is 2. The summed E-state index contributed by atoms with van der Waals surface area (Å²) in [6.45, 7) is 2.31. The number of nitrogens with one attached hydrogen (secondary N) is 1. The molecule has 2 saturated heterocycles. The first-order valence-electron chi connectivity index (χ1n) is 12.5. The molecule has 38 heavy (non-hydrogen) atoms. The largest absolute Gasteiger partial charge is 0.489 e. The normalized spacial score (nSPS) is 21.5. The predicted molar refractivity (Wildman–Crippen MR) is 133 cm³/mol. The van der Waals surface area contributed by atoms with E-state index in [1.54, 1.807) is 12.1 Å². The Balaban J connectivity index is 1.11. The maximum absolute atomic E-state index is 15.0. The topological polar surface area (TPSA) is 116 Å². The Labute approximate surface area is 217 Å². The number of nitrogens with zero attached hydrogens (tertiary/aromatic N) is 4. The number of piperidine rings is 1. The van der Waals surface area contributed by atoms with E-state index >= 15 is 0 Å². The van der Waals surface area contributed by atoms with Gasteiger partial charge in [0.2, 0.25) is 11.8 Å². The molecule has 6 rings (SSSR count). The zero-order chi connectivity index (χ0) is 26.4. The van der Waals surface area contributed by atoms with Crippen molar-refractivity contribution in [3.05, 3.63) is 70.7 Å². The van der Waals surface area contributed by atoms with Gasteiger partial charge in [0.1, 0.15) is 35.5 Å². The molecule has 1 unspecified atom stereocenters. The zero-order valence-electron chi connectivity index (χ0n) is 20.4. The van der Waals surface area contributed by atoms with Crippen molar-refractivity contribution in [3.63, 3.8) is 0 Å². The van der Waals surface area contributed by atoms with Crippen LogP contribution in [0.2, 0.25) is 0 Å². The van der Waals surface area contributed by atoms with E-state index < -0.39 is 23.7 Å². The summed E-state index contributed by atoms with van der Waals surface area (Å²) in [5.41, 5.74) is 2.74. The molecular formula is C28H24FN5O4.